The molecule has 1 aliphatic rings. The Bertz CT molecular complexity index is 980. The van der Waals surface area contributed by atoms with E-state index in [-0.39, 0.29) is 12.3 Å². The summed E-state index contributed by atoms with van der Waals surface area (Å²) in [6.07, 6.45) is 1.21. The minimum atomic E-state index is -0.968. The van der Waals surface area contributed by atoms with Gasteiger partial charge in [0.2, 0.25) is 5.91 Å². The number of aryl methyl sites for hydroxylation is 1. The Morgan fingerprint density at radius 2 is 1.69 bits per heavy atom. The predicted molar refractivity (Wildman–Crippen MR) is 111 cm³/mol. The molecule has 0 bridgehead atoms. The number of amides is 1. The molecule has 1 saturated carbocycles. The van der Waals surface area contributed by atoms with Gasteiger partial charge in [-0.05, 0) is 60.1 Å². The number of carbonyl (C=O) groups excluding carboxylic acids is 1. The molecule has 6 nitrogen and oxygen atoms in total. The fourth-order valence-corrected chi connectivity index (χ4v) is 4.41. The SMILES string of the molecule is CC1(C(=O)O)CC[C@H](C(=O)Nc2cc3ccccc3cc2CCC(=O)O)C1(C)C. The second kappa shape index (κ2) is 7.50. The van der Waals surface area contributed by atoms with Gasteiger partial charge in [-0.25, -0.2) is 0 Å². The van der Waals surface area contributed by atoms with Crippen molar-refractivity contribution in [3.05, 3.63) is 42.0 Å². The maximum absolute atomic E-state index is 13.1. The molecule has 3 N–H and O–H groups in total. The molecule has 1 aliphatic carbocycles. The van der Waals surface area contributed by atoms with E-state index in [2.05, 4.69) is 5.32 Å². The third-order valence-electron chi connectivity index (χ3n) is 6.85. The van der Waals surface area contributed by atoms with Crippen LogP contribution in [0.5, 0.6) is 0 Å². The smallest absolute Gasteiger partial charge is 0.309 e. The van der Waals surface area contributed by atoms with Gasteiger partial charge in [0.15, 0.2) is 0 Å². The summed E-state index contributed by atoms with van der Waals surface area (Å²) < 4.78 is 0. The van der Waals surface area contributed by atoms with Crippen LogP contribution in [0.1, 0.15) is 45.6 Å². The van der Waals surface area contributed by atoms with E-state index in [1.54, 1.807) is 6.92 Å². The maximum Gasteiger partial charge on any atom is 0.309 e. The molecular formula is C23H27NO5. The molecule has 2 atom stereocenters. The van der Waals surface area contributed by atoms with Gasteiger partial charge in [-0.2, -0.15) is 0 Å². The number of aliphatic carboxylic acids is 2. The van der Waals surface area contributed by atoms with Crippen molar-refractivity contribution >= 4 is 34.3 Å². The Morgan fingerprint density at radius 1 is 1.07 bits per heavy atom. The third kappa shape index (κ3) is 3.71. The van der Waals surface area contributed by atoms with E-state index in [0.717, 1.165) is 16.3 Å². The van der Waals surface area contributed by atoms with E-state index in [0.29, 0.717) is 24.9 Å². The highest BCUT2D eigenvalue weighted by Gasteiger charge is 2.58. The van der Waals surface area contributed by atoms with Crippen molar-refractivity contribution in [2.24, 2.45) is 16.7 Å². The van der Waals surface area contributed by atoms with Crippen LogP contribution in [0.25, 0.3) is 10.8 Å². The highest BCUT2D eigenvalue weighted by Crippen LogP contribution is 2.56. The third-order valence-corrected chi connectivity index (χ3v) is 6.85. The van der Waals surface area contributed by atoms with Crippen LogP contribution in [0.4, 0.5) is 5.69 Å². The van der Waals surface area contributed by atoms with Crippen LogP contribution in [-0.4, -0.2) is 28.1 Å². The first-order valence-electron chi connectivity index (χ1n) is 9.84. The molecule has 2 aromatic carbocycles. The second-order valence-electron chi connectivity index (χ2n) is 8.69. The van der Waals surface area contributed by atoms with Crippen LogP contribution in [0, 0.1) is 16.7 Å². The zero-order valence-electron chi connectivity index (χ0n) is 17.0. The fourth-order valence-electron chi connectivity index (χ4n) is 4.41. The molecule has 2 aromatic rings. The Balaban J connectivity index is 1.92. The Hall–Kier alpha value is -2.89. The van der Waals surface area contributed by atoms with Crippen molar-refractivity contribution in [3.63, 3.8) is 0 Å². The van der Waals surface area contributed by atoms with Gasteiger partial charge < -0.3 is 15.5 Å². The first-order chi connectivity index (χ1) is 13.6. The largest absolute Gasteiger partial charge is 0.481 e. The Labute approximate surface area is 169 Å². The summed E-state index contributed by atoms with van der Waals surface area (Å²) in [4.78, 5) is 36.0. The quantitative estimate of drug-likeness (QED) is 0.673. The molecule has 0 radical (unpaired) electrons. The number of carbonyl (C=O) groups is 3. The molecule has 1 fully saturated rings. The number of benzene rings is 2. The monoisotopic (exact) mass is 397 g/mol. The van der Waals surface area contributed by atoms with Crippen molar-refractivity contribution in [1.29, 1.82) is 0 Å². The summed E-state index contributed by atoms with van der Waals surface area (Å²) in [5.41, 5.74) is -0.322. The van der Waals surface area contributed by atoms with Crippen LogP contribution < -0.4 is 5.32 Å². The summed E-state index contributed by atoms with van der Waals surface area (Å²) in [5, 5.41) is 23.7. The lowest BCUT2D eigenvalue weighted by Crippen LogP contribution is -2.43. The number of hydrogen-bond acceptors (Lipinski definition) is 3. The minimum Gasteiger partial charge on any atom is -0.481 e. The number of nitrogens with one attached hydrogen (secondary N) is 1. The number of fused-ring (bicyclic) bond motifs is 1. The Morgan fingerprint density at radius 3 is 2.24 bits per heavy atom. The van der Waals surface area contributed by atoms with Gasteiger partial charge in [0.1, 0.15) is 0 Å². The van der Waals surface area contributed by atoms with Crippen molar-refractivity contribution in [2.45, 2.75) is 46.5 Å². The predicted octanol–water partition coefficient (Wildman–Crippen LogP) is 4.32. The highest BCUT2D eigenvalue weighted by molar-refractivity contribution is 5.98. The average Bonchev–Trinajstić information content (AvgIpc) is 2.90. The van der Waals surface area contributed by atoms with Gasteiger partial charge in [0.25, 0.3) is 0 Å². The topological polar surface area (TPSA) is 104 Å². The number of rotatable bonds is 6. The van der Waals surface area contributed by atoms with Gasteiger partial charge in [0.05, 0.1) is 5.41 Å². The molecular weight excluding hydrogens is 370 g/mol. The van der Waals surface area contributed by atoms with Crippen LogP contribution in [0.2, 0.25) is 0 Å². The number of carboxylic acid groups (broad SMARTS) is 2. The molecule has 1 amide bonds. The number of anilines is 1. The first kappa shape index (κ1) is 20.8. The summed E-state index contributed by atoms with van der Waals surface area (Å²) >= 11 is 0. The zero-order valence-corrected chi connectivity index (χ0v) is 17.0. The molecule has 0 spiro atoms. The second-order valence-corrected chi connectivity index (χ2v) is 8.69. The van der Waals surface area contributed by atoms with Crippen LogP contribution >= 0.6 is 0 Å². The van der Waals surface area contributed by atoms with Crippen LogP contribution in [-0.2, 0) is 20.8 Å². The first-order valence-corrected chi connectivity index (χ1v) is 9.84. The molecule has 0 aromatic heterocycles. The van der Waals surface area contributed by atoms with Crippen LogP contribution in [0.3, 0.4) is 0 Å². The van der Waals surface area contributed by atoms with Gasteiger partial charge in [0, 0.05) is 18.0 Å². The molecule has 1 unspecified atom stereocenters. The lowest BCUT2D eigenvalue weighted by molar-refractivity contribution is -0.155. The van der Waals surface area contributed by atoms with E-state index in [1.807, 2.05) is 50.2 Å². The molecule has 0 aliphatic heterocycles. The number of hydrogen-bond donors (Lipinski definition) is 3. The molecule has 29 heavy (non-hydrogen) atoms. The van der Waals surface area contributed by atoms with Crippen LogP contribution in [0.15, 0.2) is 36.4 Å². The van der Waals surface area contributed by atoms with Crippen molar-refractivity contribution in [1.82, 2.24) is 0 Å². The maximum atomic E-state index is 13.1. The van der Waals surface area contributed by atoms with E-state index in [1.165, 1.54) is 0 Å². The summed E-state index contributed by atoms with van der Waals surface area (Å²) in [5.74, 6) is -2.44. The van der Waals surface area contributed by atoms with Gasteiger partial charge in [-0.1, -0.05) is 38.1 Å². The Kier molecular flexibility index (Phi) is 5.39. The average molecular weight is 397 g/mol. The van der Waals surface area contributed by atoms with Crippen molar-refractivity contribution in [2.75, 3.05) is 5.32 Å². The van der Waals surface area contributed by atoms with E-state index < -0.39 is 28.7 Å². The molecule has 3 rings (SSSR count). The van der Waals surface area contributed by atoms with E-state index in [4.69, 9.17) is 5.11 Å². The summed E-state index contributed by atoms with van der Waals surface area (Å²) in [6.45, 7) is 5.38. The zero-order chi connectivity index (χ0) is 21.4. The molecule has 154 valence electrons. The molecule has 0 saturated heterocycles. The van der Waals surface area contributed by atoms with Crippen molar-refractivity contribution in [3.8, 4) is 0 Å². The number of carboxylic acids is 2. The summed E-state index contributed by atoms with van der Waals surface area (Å²) in [6, 6.07) is 11.5. The van der Waals surface area contributed by atoms with Gasteiger partial charge in [-0.15, -0.1) is 0 Å². The summed E-state index contributed by atoms with van der Waals surface area (Å²) in [7, 11) is 0. The van der Waals surface area contributed by atoms with E-state index >= 15 is 0 Å². The fraction of sp³-hybridized carbons (Fsp3) is 0.435. The van der Waals surface area contributed by atoms with Gasteiger partial charge in [-0.3, -0.25) is 14.4 Å². The lowest BCUT2D eigenvalue weighted by atomic mass is 9.65. The van der Waals surface area contributed by atoms with Gasteiger partial charge >= 0.3 is 11.9 Å². The highest BCUT2D eigenvalue weighted by atomic mass is 16.4. The standard InChI is InChI=1S/C23H27NO5/c1-22(2)17(10-11-23(22,3)21(28)29)20(27)24-18-13-15-7-5-4-6-14(15)12-16(18)8-9-19(25)26/h4-7,12-13,17H,8-11H2,1-3H3,(H,24,27)(H,25,26)(H,28,29)/t17-,23?/m1/s1. The lowest BCUT2D eigenvalue weighted by Gasteiger charge is -2.37. The van der Waals surface area contributed by atoms with E-state index in [9.17, 15) is 19.5 Å². The minimum absolute atomic E-state index is 0.0345. The normalized spacial score (nSPS) is 23.1. The molecule has 0 heterocycles. The molecule has 6 heteroatoms. The van der Waals surface area contributed by atoms with Crippen molar-refractivity contribution < 1.29 is 24.6 Å².